The molecule has 1 aromatic carbocycles. The van der Waals surface area contributed by atoms with Gasteiger partial charge in [0.05, 0.1) is 0 Å². The fourth-order valence-electron chi connectivity index (χ4n) is 4.27. The van der Waals surface area contributed by atoms with Gasteiger partial charge in [-0.15, -0.1) is 0 Å². The molecule has 6 heteroatoms. The summed E-state index contributed by atoms with van der Waals surface area (Å²) in [6.45, 7) is 8.78. The molecule has 1 N–H and O–H groups in total. The molecule has 2 aliphatic rings. The van der Waals surface area contributed by atoms with E-state index < -0.39 is 17.7 Å². The van der Waals surface area contributed by atoms with Gasteiger partial charge < -0.3 is 10.2 Å². The van der Waals surface area contributed by atoms with Crippen LogP contribution < -0.4 is 5.32 Å². The van der Waals surface area contributed by atoms with Crippen molar-refractivity contribution in [2.75, 3.05) is 6.54 Å². The number of piperazine rings is 1. The van der Waals surface area contributed by atoms with Crippen LogP contribution in [0, 0.1) is 29.4 Å². The molecule has 0 aromatic heterocycles. The lowest BCUT2D eigenvalue weighted by Crippen LogP contribution is -2.62. The minimum absolute atomic E-state index is 0.0380. The number of carbonyl (C=O) groups excluding carboxylic acids is 2. The van der Waals surface area contributed by atoms with Crippen molar-refractivity contribution in [1.82, 2.24) is 10.2 Å². The minimum atomic E-state index is -0.886. The molecule has 1 saturated heterocycles. The summed E-state index contributed by atoms with van der Waals surface area (Å²) in [4.78, 5) is 27.7. The summed E-state index contributed by atoms with van der Waals surface area (Å²) in [5.74, 6) is -1.54. The molecule has 4 atom stereocenters. The largest absolute Gasteiger partial charge is 0.350 e. The first-order valence-corrected chi connectivity index (χ1v) is 10.2. The molecule has 0 radical (unpaired) electrons. The summed E-state index contributed by atoms with van der Waals surface area (Å²) in [6, 6.07) is 3.34. The SMILES string of the molecule is CC(C)C[C@H]1CN(C(=O)[C@@H]2C[C@H]2c2ccc(F)c(F)c2)[C@@H](CC(C)C)C(=O)N1. The Hall–Kier alpha value is -1.98. The lowest BCUT2D eigenvalue weighted by atomic mass is 9.94. The molecule has 4 nitrogen and oxygen atoms in total. The quantitative estimate of drug-likeness (QED) is 0.799. The first kappa shape index (κ1) is 20.7. The second-order valence-corrected chi connectivity index (χ2v) is 9.09. The summed E-state index contributed by atoms with van der Waals surface area (Å²) < 4.78 is 26.8. The van der Waals surface area contributed by atoms with E-state index in [-0.39, 0.29) is 35.6 Å². The van der Waals surface area contributed by atoms with Crippen LogP contribution in [0.3, 0.4) is 0 Å². The molecule has 0 unspecified atom stereocenters. The van der Waals surface area contributed by atoms with Crippen molar-refractivity contribution < 1.29 is 18.4 Å². The zero-order chi connectivity index (χ0) is 20.6. The van der Waals surface area contributed by atoms with Gasteiger partial charge in [0.2, 0.25) is 11.8 Å². The van der Waals surface area contributed by atoms with E-state index in [1.807, 2.05) is 13.8 Å². The highest BCUT2D eigenvalue weighted by Crippen LogP contribution is 2.49. The van der Waals surface area contributed by atoms with Gasteiger partial charge in [0.25, 0.3) is 0 Å². The number of nitrogens with zero attached hydrogens (tertiary/aromatic N) is 1. The summed E-state index contributed by atoms with van der Waals surface area (Å²) in [5, 5.41) is 3.08. The van der Waals surface area contributed by atoms with Crippen LogP contribution >= 0.6 is 0 Å². The number of amides is 2. The third-order valence-corrected chi connectivity index (χ3v) is 5.66. The Morgan fingerprint density at radius 2 is 1.82 bits per heavy atom. The van der Waals surface area contributed by atoms with Crippen molar-refractivity contribution in [2.24, 2.45) is 17.8 Å². The van der Waals surface area contributed by atoms with Crippen LogP contribution in [-0.2, 0) is 9.59 Å². The van der Waals surface area contributed by atoms with E-state index in [9.17, 15) is 18.4 Å². The number of rotatable bonds is 6. The van der Waals surface area contributed by atoms with Crippen LogP contribution in [0.4, 0.5) is 8.78 Å². The van der Waals surface area contributed by atoms with Crippen LogP contribution in [0.5, 0.6) is 0 Å². The smallest absolute Gasteiger partial charge is 0.243 e. The lowest BCUT2D eigenvalue weighted by molar-refractivity contribution is -0.146. The Morgan fingerprint density at radius 3 is 2.43 bits per heavy atom. The summed E-state index contributed by atoms with van der Waals surface area (Å²) >= 11 is 0. The zero-order valence-electron chi connectivity index (χ0n) is 17.0. The third kappa shape index (κ3) is 4.53. The number of hydrogen-bond donors (Lipinski definition) is 1. The predicted molar refractivity (Wildman–Crippen MR) is 104 cm³/mol. The van der Waals surface area contributed by atoms with Crippen LogP contribution in [0.15, 0.2) is 18.2 Å². The standard InChI is InChI=1S/C22H30F2N2O2/c1-12(2)7-15-11-26(20(8-13(3)4)21(27)25-15)22(28)17-10-16(17)14-5-6-18(23)19(24)9-14/h5-6,9,12-13,15-17,20H,7-8,10-11H2,1-4H3,(H,25,27)/t15-,16-,17+,20-/m0/s1. The molecule has 0 spiro atoms. The molecule has 1 aliphatic carbocycles. The Balaban J connectivity index is 1.76. The molecule has 154 valence electrons. The van der Waals surface area contributed by atoms with Crippen molar-refractivity contribution in [3.05, 3.63) is 35.4 Å². The van der Waals surface area contributed by atoms with Gasteiger partial charge in [-0.05, 0) is 54.7 Å². The monoisotopic (exact) mass is 392 g/mol. The van der Waals surface area contributed by atoms with E-state index in [0.717, 1.165) is 12.5 Å². The van der Waals surface area contributed by atoms with Crippen LogP contribution in [0.25, 0.3) is 0 Å². The molecule has 3 rings (SSSR count). The molecule has 1 saturated carbocycles. The fourth-order valence-corrected chi connectivity index (χ4v) is 4.27. The maximum atomic E-state index is 13.6. The van der Waals surface area contributed by atoms with Crippen molar-refractivity contribution in [3.8, 4) is 0 Å². The predicted octanol–water partition coefficient (Wildman–Crippen LogP) is 3.86. The van der Waals surface area contributed by atoms with Gasteiger partial charge in [0.1, 0.15) is 6.04 Å². The topological polar surface area (TPSA) is 49.4 Å². The highest BCUT2D eigenvalue weighted by Gasteiger charge is 2.49. The minimum Gasteiger partial charge on any atom is -0.350 e. The Kier molecular flexibility index (Phi) is 6.06. The maximum absolute atomic E-state index is 13.6. The number of carbonyl (C=O) groups is 2. The molecule has 1 aromatic rings. The maximum Gasteiger partial charge on any atom is 0.243 e. The highest BCUT2D eigenvalue weighted by molar-refractivity contribution is 5.91. The Morgan fingerprint density at radius 1 is 1.14 bits per heavy atom. The van der Waals surface area contributed by atoms with Gasteiger partial charge in [-0.25, -0.2) is 8.78 Å². The average molecular weight is 392 g/mol. The first-order chi connectivity index (χ1) is 13.2. The summed E-state index contributed by atoms with van der Waals surface area (Å²) in [5.41, 5.74) is 0.651. The molecule has 28 heavy (non-hydrogen) atoms. The summed E-state index contributed by atoms with van der Waals surface area (Å²) in [6.07, 6.45) is 2.06. The van der Waals surface area contributed by atoms with Crippen LogP contribution in [0.2, 0.25) is 0 Å². The lowest BCUT2D eigenvalue weighted by Gasteiger charge is -2.41. The Bertz CT molecular complexity index is 750. The molecule has 0 bridgehead atoms. The van der Waals surface area contributed by atoms with E-state index in [1.54, 1.807) is 11.0 Å². The van der Waals surface area contributed by atoms with E-state index >= 15 is 0 Å². The van der Waals surface area contributed by atoms with Crippen molar-refractivity contribution in [2.45, 2.75) is 65.0 Å². The molecule has 2 fully saturated rings. The van der Waals surface area contributed by atoms with Gasteiger partial charge >= 0.3 is 0 Å². The normalized spacial score (nSPS) is 27.3. The molecule has 2 amide bonds. The second-order valence-electron chi connectivity index (χ2n) is 9.09. The molecule has 1 heterocycles. The number of nitrogens with one attached hydrogen (secondary N) is 1. The Labute approximate surface area is 165 Å². The first-order valence-electron chi connectivity index (χ1n) is 10.2. The van der Waals surface area contributed by atoms with Crippen molar-refractivity contribution in [1.29, 1.82) is 0 Å². The number of halogens is 2. The van der Waals surface area contributed by atoms with E-state index in [1.165, 1.54) is 6.07 Å². The summed E-state index contributed by atoms with van der Waals surface area (Å²) in [7, 11) is 0. The van der Waals surface area contributed by atoms with Crippen molar-refractivity contribution in [3.63, 3.8) is 0 Å². The molecule has 1 aliphatic heterocycles. The molecular weight excluding hydrogens is 362 g/mol. The number of benzene rings is 1. The van der Waals surface area contributed by atoms with Gasteiger partial charge in [0, 0.05) is 18.5 Å². The third-order valence-electron chi connectivity index (χ3n) is 5.66. The van der Waals surface area contributed by atoms with Gasteiger partial charge in [-0.3, -0.25) is 9.59 Å². The van der Waals surface area contributed by atoms with Gasteiger partial charge in [0.15, 0.2) is 11.6 Å². The molecular formula is C22H30F2N2O2. The zero-order valence-corrected chi connectivity index (χ0v) is 17.0. The second kappa shape index (κ2) is 8.18. The van der Waals surface area contributed by atoms with E-state index in [2.05, 4.69) is 19.2 Å². The fraction of sp³-hybridized carbons (Fsp3) is 0.636. The van der Waals surface area contributed by atoms with Crippen LogP contribution in [-0.4, -0.2) is 35.3 Å². The highest BCUT2D eigenvalue weighted by atomic mass is 19.2. The average Bonchev–Trinajstić information content (AvgIpc) is 3.38. The van der Waals surface area contributed by atoms with Gasteiger partial charge in [-0.2, -0.15) is 0 Å². The van der Waals surface area contributed by atoms with E-state index in [4.69, 9.17) is 0 Å². The van der Waals surface area contributed by atoms with Crippen LogP contribution in [0.1, 0.15) is 58.4 Å². The number of hydrogen-bond acceptors (Lipinski definition) is 2. The van der Waals surface area contributed by atoms with Gasteiger partial charge in [-0.1, -0.05) is 33.8 Å². The van der Waals surface area contributed by atoms with E-state index in [0.29, 0.717) is 30.9 Å². The van der Waals surface area contributed by atoms with Crippen molar-refractivity contribution >= 4 is 11.8 Å².